The molecule has 88 valence electrons. The Balaban J connectivity index is 2.38. The van der Waals surface area contributed by atoms with E-state index >= 15 is 0 Å². The van der Waals surface area contributed by atoms with Crippen LogP contribution in [0.3, 0.4) is 0 Å². The molecule has 2 aromatic rings. The Bertz CT molecular complexity index is 534. The van der Waals surface area contributed by atoms with Crippen molar-refractivity contribution >= 4 is 22.6 Å². The summed E-state index contributed by atoms with van der Waals surface area (Å²) in [5.41, 5.74) is 0. The highest BCUT2D eigenvalue weighted by atomic mass is 16.5. The summed E-state index contributed by atoms with van der Waals surface area (Å²) in [6.07, 6.45) is 1.74. The minimum atomic E-state index is -0.276. The van der Waals surface area contributed by atoms with Gasteiger partial charge in [-0.1, -0.05) is 24.3 Å². The fourth-order valence-corrected chi connectivity index (χ4v) is 1.74. The molecule has 1 aromatic heterocycles. The summed E-state index contributed by atoms with van der Waals surface area (Å²) in [6.45, 7) is 0.192. The van der Waals surface area contributed by atoms with Gasteiger partial charge in [-0.25, -0.2) is 4.98 Å². The number of fused-ring (bicyclic) bond motifs is 1. The number of hydrogen-bond acceptors (Lipinski definition) is 4. The Hall–Kier alpha value is -2.10. The van der Waals surface area contributed by atoms with Crippen LogP contribution in [0.15, 0.2) is 36.5 Å². The number of anilines is 1. The fourth-order valence-electron chi connectivity index (χ4n) is 1.74. The van der Waals surface area contributed by atoms with Crippen molar-refractivity contribution in [2.24, 2.45) is 0 Å². The first kappa shape index (κ1) is 11.4. The van der Waals surface area contributed by atoms with E-state index in [9.17, 15) is 4.79 Å². The summed E-state index contributed by atoms with van der Waals surface area (Å²) >= 11 is 0. The molecule has 4 heteroatoms. The smallest absolute Gasteiger partial charge is 0.325 e. The van der Waals surface area contributed by atoms with Gasteiger partial charge in [0.1, 0.15) is 12.4 Å². The molecule has 17 heavy (non-hydrogen) atoms. The lowest BCUT2D eigenvalue weighted by Gasteiger charge is -2.18. The van der Waals surface area contributed by atoms with Crippen molar-refractivity contribution in [2.75, 3.05) is 25.6 Å². The SMILES string of the molecule is COC(=O)CN(C)c1nccc2ccccc12. The maximum Gasteiger partial charge on any atom is 0.325 e. The number of pyridine rings is 1. The fraction of sp³-hybridized carbons (Fsp3) is 0.231. The summed E-state index contributed by atoms with van der Waals surface area (Å²) in [7, 11) is 3.21. The zero-order valence-electron chi connectivity index (χ0n) is 9.88. The minimum Gasteiger partial charge on any atom is -0.468 e. The average Bonchev–Trinajstić information content (AvgIpc) is 2.37. The molecule has 4 nitrogen and oxygen atoms in total. The molecule has 0 aliphatic carbocycles. The number of hydrogen-bond donors (Lipinski definition) is 0. The van der Waals surface area contributed by atoms with E-state index in [-0.39, 0.29) is 12.5 Å². The van der Waals surface area contributed by atoms with Gasteiger partial charge in [-0.3, -0.25) is 4.79 Å². The first-order chi connectivity index (χ1) is 8.22. The number of nitrogens with zero attached hydrogens (tertiary/aromatic N) is 2. The van der Waals surface area contributed by atoms with Gasteiger partial charge in [-0.2, -0.15) is 0 Å². The van der Waals surface area contributed by atoms with Crippen LogP contribution < -0.4 is 4.90 Å². The van der Waals surface area contributed by atoms with Crippen LogP contribution in [0.5, 0.6) is 0 Å². The lowest BCUT2D eigenvalue weighted by atomic mass is 10.1. The van der Waals surface area contributed by atoms with Crippen molar-refractivity contribution in [2.45, 2.75) is 0 Å². The normalized spacial score (nSPS) is 10.2. The topological polar surface area (TPSA) is 42.4 Å². The quantitative estimate of drug-likeness (QED) is 0.755. The van der Waals surface area contributed by atoms with Crippen LogP contribution in [0.25, 0.3) is 10.8 Å². The molecule has 2 rings (SSSR count). The number of likely N-dealkylation sites (N-methyl/N-ethyl adjacent to an activating group) is 1. The van der Waals surface area contributed by atoms with Crippen LogP contribution in [0, 0.1) is 0 Å². The lowest BCUT2D eigenvalue weighted by Crippen LogP contribution is -2.27. The van der Waals surface area contributed by atoms with Crippen molar-refractivity contribution in [3.05, 3.63) is 36.5 Å². The Morgan fingerprint density at radius 2 is 2.12 bits per heavy atom. The molecular weight excluding hydrogens is 216 g/mol. The van der Waals surface area contributed by atoms with E-state index in [2.05, 4.69) is 9.72 Å². The standard InChI is InChI=1S/C13H14N2O2/c1-15(9-12(16)17-2)13-11-6-4-3-5-10(11)7-8-14-13/h3-8H,9H2,1-2H3. The number of carbonyl (C=O) groups is 1. The number of esters is 1. The van der Waals surface area contributed by atoms with Gasteiger partial charge in [0.05, 0.1) is 7.11 Å². The minimum absolute atomic E-state index is 0.192. The van der Waals surface area contributed by atoms with E-state index in [1.807, 2.05) is 37.4 Å². The number of methoxy groups -OCH3 is 1. The van der Waals surface area contributed by atoms with Gasteiger partial charge in [0, 0.05) is 18.6 Å². The molecule has 0 N–H and O–H groups in total. The zero-order chi connectivity index (χ0) is 12.3. The number of benzene rings is 1. The average molecular weight is 230 g/mol. The second kappa shape index (κ2) is 4.82. The third kappa shape index (κ3) is 2.36. The molecule has 0 aliphatic rings. The number of rotatable bonds is 3. The first-order valence-electron chi connectivity index (χ1n) is 5.34. The van der Waals surface area contributed by atoms with Crippen LogP contribution >= 0.6 is 0 Å². The summed E-state index contributed by atoms with van der Waals surface area (Å²) in [5, 5.41) is 2.13. The van der Waals surface area contributed by atoms with Gasteiger partial charge < -0.3 is 9.64 Å². The predicted molar refractivity (Wildman–Crippen MR) is 67.0 cm³/mol. The van der Waals surface area contributed by atoms with Crippen molar-refractivity contribution in [3.8, 4) is 0 Å². The van der Waals surface area contributed by atoms with E-state index in [0.717, 1.165) is 16.6 Å². The highest BCUT2D eigenvalue weighted by molar-refractivity contribution is 5.93. The number of aromatic nitrogens is 1. The second-order valence-electron chi connectivity index (χ2n) is 3.79. The lowest BCUT2D eigenvalue weighted by molar-refractivity contribution is -0.138. The van der Waals surface area contributed by atoms with Gasteiger partial charge in [0.25, 0.3) is 0 Å². The summed E-state index contributed by atoms with van der Waals surface area (Å²) < 4.78 is 4.65. The van der Waals surface area contributed by atoms with Crippen LogP contribution in [-0.4, -0.2) is 31.7 Å². The Kier molecular flexibility index (Phi) is 3.23. The van der Waals surface area contributed by atoms with Gasteiger partial charge in [-0.05, 0) is 11.5 Å². The molecule has 0 aliphatic heterocycles. The second-order valence-corrected chi connectivity index (χ2v) is 3.79. The van der Waals surface area contributed by atoms with Crippen molar-refractivity contribution in [1.29, 1.82) is 0 Å². The summed E-state index contributed by atoms with van der Waals surface area (Å²) in [4.78, 5) is 17.3. The molecule has 0 saturated carbocycles. The molecule has 0 saturated heterocycles. The van der Waals surface area contributed by atoms with E-state index in [0.29, 0.717) is 0 Å². The van der Waals surface area contributed by atoms with E-state index in [1.54, 1.807) is 11.1 Å². The monoisotopic (exact) mass is 230 g/mol. The van der Waals surface area contributed by atoms with Crippen LogP contribution in [0.2, 0.25) is 0 Å². The van der Waals surface area contributed by atoms with Crippen LogP contribution in [0.1, 0.15) is 0 Å². The van der Waals surface area contributed by atoms with Gasteiger partial charge in [-0.15, -0.1) is 0 Å². The molecular formula is C13H14N2O2. The van der Waals surface area contributed by atoms with Crippen LogP contribution in [-0.2, 0) is 9.53 Å². The number of ether oxygens (including phenoxy) is 1. The van der Waals surface area contributed by atoms with Gasteiger partial charge >= 0.3 is 5.97 Å². The van der Waals surface area contributed by atoms with Crippen molar-refractivity contribution in [3.63, 3.8) is 0 Å². The molecule has 0 fully saturated rings. The molecule has 0 radical (unpaired) electrons. The first-order valence-corrected chi connectivity index (χ1v) is 5.34. The maximum atomic E-state index is 11.2. The molecule has 1 aromatic carbocycles. The Morgan fingerprint density at radius 3 is 2.88 bits per heavy atom. The largest absolute Gasteiger partial charge is 0.468 e. The van der Waals surface area contributed by atoms with Gasteiger partial charge in [0.2, 0.25) is 0 Å². The molecule has 0 atom stereocenters. The third-order valence-electron chi connectivity index (χ3n) is 2.61. The predicted octanol–water partition coefficient (Wildman–Crippen LogP) is 1.84. The molecule has 0 bridgehead atoms. The zero-order valence-corrected chi connectivity index (χ0v) is 9.88. The molecule has 0 unspecified atom stereocenters. The molecule has 1 heterocycles. The highest BCUT2D eigenvalue weighted by Gasteiger charge is 2.11. The van der Waals surface area contributed by atoms with Crippen molar-refractivity contribution < 1.29 is 9.53 Å². The van der Waals surface area contributed by atoms with E-state index in [4.69, 9.17) is 0 Å². The van der Waals surface area contributed by atoms with Gasteiger partial charge in [0.15, 0.2) is 0 Å². The maximum absolute atomic E-state index is 11.2. The summed E-state index contributed by atoms with van der Waals surface area (Å²) in [5.74, 6) is 0.510. The van der Waals surface area contributed by atoms with E-state index < -0.39 is 0 Å². The van der Waals surface area contributed by atoms with Crippen molar-refractivity contribution in [1.82, 2.24) is 4.98 Å². The third-order valence-corrected chi connectivity index (χ3v) is 2.61. The summed E-state index contributed by atoms with van der Waals surface area (Å²) in [6, 6.07) is 9.90. The number of carbonyl (C=O) groups excluding carboxylic acids is 1. The highest BCUT2D eigenvalue weighted by Crippen LogP contribution is 2.22. The molecule has 0 amide bonds. The Morgan fingerprint density at radius 1 is 1.35 bits per heavy atom. The molecule has 0 spiro atoms. The van der Waals surface area contributed by atoms with E-state index in [1.165, 1.54) is 7.11 Å². The Labute approximate surface area is 99.8 Å². The van der Waals surface area contributed by atoms with Crippen LogP contribution in [0.4, 0.5) is 5.82 Å².